The highest BCUT2D eigenvalue weighted by Gasteiger charge is 2.33. The predicted molar refractivity (Wildman–Crippen MR) is 139 cm³/mol. The lowest BCUT2D eigenvalue weighted by Crippen LogP contribution is -2.37. The van der Waals surface area contributed by atoms with Gasteiger partial charge in [-0.25, -0.2) is 19.7 Å². The summed E-state index contributed by atoms with van der Waals surface area (Å²) in [6.45, 7) is 7.97. The zero-order valence-electron chi connectivity index (χ0n) is 20.7. The number of anilines is 2. The van der Waals surface area contributed by atoms with E-state index in [9.17, 15) is 13.2 Å². The first-order valence-electron chi connectivity index (χ1n) is 11.8. The van der Waals surface area contributed by atoms with Crippen LogP contribution in [-0.4, -0.2) is 47.5 Å². The third kappa shape index (κ3) is 5.40. The van der Waals surface area contributed by atoms with Crippen LogP contribution in [0.2, 0.25) is 0 Å². The second kappa shape index (κ2) is 10.1. The van der Waals surface area contributed by atoms with Gasteiger partial charge in [0.15, 0.2) is 5.03 Å². The number of nitrogen functional groups attached to an aromatic ring is 1. The van der Waals surface area contributed by atoms with Crippen LogP contribution in [0.4, 0.5) is 11.6 Å². The number of rotatable bonds is 7. The molecule has 1 saturated heterocycles. The molecule has 0 saturated carbocycles. The smallest absolute Gasteiger partial charge is 0.281 e. The number of carbonyl (C=O) groups is 1. The summed E-state index contributed by atoms with van der Waals surface area (Å²) in [4.78, 5) is 28.3. The molecule has 192 valence electrons. The molecule has 0 unspecified atom stereocenters. The van der Waals surface area contributed by atoms with Crippen molar-refractivity contribution in [3.63, 3.8) is 0 Å². The molecule has 1 aliphatic rings. The zero-order chi connectivity index (χ0) is 26.0. The number of nitrogens with two attached hydrogens (primary N) is 1. The Balaban J connectivity index is 0.00000380. The fourth-order valence-corrected chi connectivity index (χ4v) is 5.19. The average molecular weight is 513 g/mol. The van der Waals surface area contributed by atoms with E-state index in [2.05, 4.69) is 33.4 Å². The van der Waals surface area contributed by atoms with Crippen LogP contribution in [-0.2, 0) is 10.0 Å². The summed E-state index contributed by atoms with van der Waals surface area (Å²) >= 11 is 0. The van der Waals surface area contributed by atoms with Gasteiger partial charge in [-0.3, -0.25) is 4.79 Å². The molecule has 4 rings (SSSR count). The van der Waals surface area contributed by atoms with Crippen molar-refractivity contribution in [3.05, 3.63) is 54.2 Å². The lowest BCUT2D eigenvalue weighted by molar-refractivity contribution is 0.0981. The van der Waals surface area contributed by atoms with Crippen LogP contribution in [0.25, 0.3) is 11.3 Å². The minimum Gasteiger partial charge on any atom is -0.475 e. The molecule has 11 heteroatoms. The largest absolute Gasteiger partial charge is 0.475 e. The lowest BCUT2D eigenvalue weighted by Gasteiger charge is -2.29. The number of hydrogen-bond acceptors (Lipinski definition) is 9. The number of sulfonamides is 1. The third-order valence-electron chi connectivity index (χ3n) is 5.95. The van der Waals surface area contributed by atoms with Crippen molar-refractivity contribution < 1.29 is 19.4 Å². The van der Waals surface area contributed by atoms with Gasteiger partial charge >= 0.3 is 0 Å². The molecule has 3 aromatic rings. The van der Waals surface area contributed by atoms with E-state index in [1.54, 1.807) is 24.4 Å². The van der Waals surface area contributed by atoms with Crippen LogP contribution in [0.1, 0.15) is 52.3 Å². The number of ether oxygens (including phenoxy) is 1. The Morgan fingerprint density at radius 3 is 2.44 bits per heavy atom. The number of amides is 1. The molecule has 4 heterocycles. The Morgan fingerprint density at radius 2 is 1.83 bits per heavy atom. The van der Waals surface area contributed by atoms with E-state index in [4.69, 9.17) is 15.5 Å². The molecule has 0 spiro atoms. The van der Waals surface area contributed by atoms with Crippen molar-refractivity contribution in [2.75, 3.05) is 10.6 Å². The summed E-state index contributed by atoms with van der Waals surface area (Å²) in [5.41, 5.74) is 7.13. The zero-order valence-corrected chi connectivity index (χ0v) is 21.5. The Hall–Kier alpha value is -3.73. The molecule has 1 aliphatic heterocycles. The summed E-state index contributed by atoms with van der Waals surface area (Å²) in [7, 11) is -4.24. The summed E-state index contributed by atoms with van der Waals surface area (Å²) in [6.07, 6.45) is 3.53. The second-order valence-electron chi connectivity index (χ2n) is 9.14. The van der Waals surface area contributed by atoms with E-state index in [0.29, 0.717) is 17.4 Å². The van der Waals surface area contributed by atoms with Crippen molar-refractivity contribution >= 4 is 27.6 Å². The monoisotopic (exact) mass is 512 g/mol. The number of carbonyl (C=O) groups excluding carboxylic acids is 1. The Kier molecular flexibility index (Phi) is 7.11. The van der Waals surface area contributed by atoms with E-state index in [1.807, 2.05) is 19.9 Å². The molecule has 0 aliphatic carbocycles. The molecule has 0 radical (unpaired) electrons. The van der Waals surface area contributed by atoms with E-state index >= 15 is 0 Å². The van der Waals surface area contributed by atoms with Gasteiger partial charge in [0.25, 0.3) is 15.9 Å². The third-order valence-corrected chi connectivity index (χ3v) is 7.18. The van der Waals surface area contributed by atoms with E-state index in [-0.39, 0.29) is 36.0 Å². The molecule has 1 amide bonds. The maximum Gasteiger partial charge on any atom is 0.281 e. The molecule has 1 fully saturated rings. The topological polar surface area (TPSA) is 140 Å². The Labute approximate surface area is 212 Å². The van der Waals surface area contributed by atoms with Gasteiger partial charge in [0.1, 0.15) is 11.6 Å². The van der Waals surface area contributed by atoms with Gasteiger partial charge in [0.2, 0.25) is 5.88 Å². The van der Waals surface area contributed by atoms with Gasteiger partial charge in [-0.15, -0.1) is 0 Å². The highest BCUT2D eigenvalue weighted by molar-refractivity contribution is 7.90. The van der Waals surface area contributed by atoms with E-state index in [0.717, 1.165) is 18.4 Å². The molecule has 3 N–H and O–H groups in total. The maximum absolute atomic E-state index is 13.3. The molecule has 0 aromatic carbocycles. The normalized spacial score (nSPS) is 17.9. The molecule has 36 heavy (non-hydrogen) atoms. The predicted octanol–water partition coefficient (Wildman–Crippen LogP) is 3.65. The van der Waals surface area contributed by atoms with Crippen molar-refractivity contribution in [1.29, 1.82) is 0 Å². The SMILES string of the molecule is CC(C)Oc1ccc(-c2ccc(C(=O)NS(=O)(=O)c3cccc(N)n3)c(N3[C@H](C)CC[C@@H]3C)n2)cn1.[HH]. The Morgan fingerprint density at radius 1 is 1.11 bits per heavy atom. The average Bonchev–Trinajstić information content (AvgIpc) is 3.16. The van der Waals surface area contributed by atoms with Gasteiger partial charge in [0.05, 0.1) is 17.4 Å². The van der Waals surface area contributed by atoms with Crippen LogP contribution in [0.3, 0.4) is 0 Å². The van der Waals surface area contributed by atoms with Crippen molar-refractivity contribution in [2.45, 2.75) is 63.8 Å². The molecule has 0 bridgehead atoms. The first-order chi connectivity index (χ1) is 17.0. The maximum atomic E-state index is 13.3. The quantitative estimate of drug-likeness (QED) is 0.485. The van der Waals surface area contributed by atoms with Crippen molar-refractivity contribution in [1.82, 2.24) is 19.7 Å². The van der Waals surface area contributed by atoms with Crippen LogP contribution < -0.4 is 20.1 Å². The summed E-state index contributed by atoms with van der Waals surface area (Å²) in [5.74, 6) is 0.168. The van der Waals surface area contributed by atoms with Crippen molar-refractivity contribution in [2.24, 2.45) is 0 Å². The van der Waals surface area contributed by atoms with Gasteiger partial charge in [-0.2, -0.15) is 8.42 Å². The summed E-state index contributed by atoms with van der Waals surface area (Å²) < 4.78 is 33.4. The molecule has 3 aromatic heterocycles. The van der Waals surface area contributed by atoms with E-state index in [1.165, 1.54) is 18.2 Å². The van der Waals surface area contributed by atoms with Crippen molar-refractivity contribution in [3.8, 4) is 17.1 Å². The number of aromatic nitrogens is 3. The summed E-state index contributed by atoms with van der Waals surface area (Å²) in [6, 6.07) is 11.3. The highest BCUT2D eigenvalue weighted by Crippen LogP contribution is 2.33. The number of nitrogens with zero attached hydrogens (tertiary/aromatic N) is 4. The number of nitrogens with one attached hydrogen (secondary N) is 1. The molecule has 10 nitrogen and oxygen atoms in total. The van der Waals surface area contributed by atoms with Crippen LogP contribution in [0, 0.1) is 0 Å². The van der Waals surface area contributed by atoms with E-state index < -0.39 is 15.9 Å². The van der Waals surface area contributed by atoms with Gasteiger partial charge in [-0.1, -0.05) is 6.07 Å². The minimum atomic E-state index is -4.24. The molecular weight excluding hydrogens is 480 g/mol. The number of hydrogen-bond donors (Lipinski definition) is 2. The van der Waals surface area contributed by atoms with Crippen LogP contribution in [0.15, 0.2) is 53.7 Å². The van der Waals surface area contributed by atoms with Crippen LogP contribution in [0.5, 0.6) is 5.88 Å². The first-order valence-corrected chi connectivity index (χ1v) is 13.3. The first kappa shape index (κ1) is 25.4. The summed E-state index contributed by atoms with van der Waals surface area (Å²) in [5, 5.41) is -0.334. The minimum absolute atomic E-state index is 0. The van der Waals surface area contributed by atoms with Crippen LogP contribution >= 0.6 is 0 Å². The molecule has 2 atom stereocenters. The van der Waals surface area contributed by atoms with Gasteiger partial charge in [-0.05, 0) is 70.9 Å². The number of pyridine rings is 3. The standard InChI is InChI=1S/C25H30N6O4S.H2/c1-15(2)35-22-13-10-18(14-27-22)20-12-11-19(24(28-20)31-16(3)8-9-17(31)4)25(32)30-36(33,34)23-7-5-6-21(26)29-23;/h5-7,10-17H,8-9H2,1-4H3,(H2,26,29)(H,30,32);1H/t16-,17+;. The fraction of sp³-hybridized carbons (Fsp3) is 0.360. The van der Waals surface area contributed by atoms with Gasteiger partial charge < -0.3 is 15.4 Å². The van der Waals surface area contributed by atoms with Gasteiger partial charge in [0, 0.05) is 31.3 Å². The molecular formula is C25H32N6O4S. The Bertz CT molecular complexity index is 1360. The fourth-order valence-electron chi connectivity index (χ4n) is 4.25. The highest BCUT2D eigenvalue weighted by atomic mass is 32.2. The lowest BCUT2D eigenvalue weighted by atomic mass is 10.1. The second-order valence-corrected chi connectivity index (χ2v) is 10.8.